The first-order chi connectivity index (χ1) is 15.2. The molecule has 32 heavy (non-hydrogen) atoms. The molecule has 1 aliphatic heterocycles. The smallest absolute Gasteiger partial charge is 0.194 e. The van der Waals surface area contributed by atoms with Crippen LogP contribution in [0.4, 0.5) is 0 Å². The zero-order chi connectivity index (χ0) is 21.5. The number of hydrogen-bond acceptors (Lipinski definition) is 6. The number of ether oxygens (including phenoxy) is 1. The van der Waals surface area contributed by atoms with Gasteiger partial charge in [0.15, 0.2) is 5.96 Å². The van der Waals surface area contributed by atoms with Gasteiger partial charge in [-0.3, -0.25) is 4.90 Å². The average molecular weight is 567 g/mol. The van der Waals surface area contributed by atoms with Gasteiger partial charge in [0.25, 0.3) is 0 Å². The number of rotatable bonds is 7. The van der Waals surface area contributed by atoms with Crippen LogP contribution in [0, 0.1) is 0 Å². The molecule has 0 atom stereocenters. The number of halogens is 1. The number of thiophene rings is 1. The second-order valence-electron chi connectivity index (χ2n) is 7.45. The summed E-state index contributed by atoms with van der Waals surface area (Å²) in [5.41, 5.74) is 3.41. The minimum absolute atomic E-state index is 0. The molecule has 1 aromatic carbocycles. The van der Waals surface area contributed by atoms with Gasteiger partial charge in [-0.15, -0.1) is 35.3 Å². The van der Waals surface area contributed by atoms with Crippen LogP contribution in [0.25, 0.3) is 11.1 Å². The normalized spacial score (nSPS) is 14.8. The Morgan fingerprint density at radius 3 is 2.59 bits per heavy atom. The molecule has 4 rings (SSSR count). The van der Waals surface area contributed by atoms with Gasteiger partial charge >= 0.3 is 0 Å². The molecular weight excluding hydrogens is 537 g/mol. The summed E-state index contributed by atoms with van der Waals surface area (Å²) in [5, 5.41) is 9.67. The van der Waals surface area contributed by atoms with Crippen LogP contribution in [-0.2, 0) is 13.1 Å². The number of aromatic nitrogens is 1. The van der Waals surface area contributed by atoms with Gasteiger partial charge in [0.2, 0.25) is 0 Å². The highest BCUT2D eigenvalue weighted by Crippen LogP contribution is 2.27. The van der Waals surface area contributed by atoms with Gasteiger partial charge in [-0.2, -0.15) is 0 Å². The number of aliphatic imine (C=N–C) groups is 1. The zero-order valence-corrected chi connectivity index (χ0v) is 21.6. The van der Waals surface area contributed by atoms with E-state index in [-0.39, 0.29) is 24.0 Å². The van der Waals surface area contributed by atoms with E-state index in [0.717, 1.165) is 56.7 Å². The van der Waals surface area contributed by atoms with Crippen molar-refractivity contribution in [2.45, 2.75) is 20.0 Å². The summed E-state index contributed by atoms with van der Waals surface area (Å²) in [6, 6.07) is 12.3. The summed E-state index contributed by atoms with van der Waals surface area (Å²) in [5.74, 6) is 1.86. The monoisotopic (exact) mass is 567 g/mol. The molecule has 2 aromatic heterocycles. The van der Waals surface area contributed by atoms with E-state index in [1.54, 1.807) is 24.7 Å². The van der Waals surface area contributed by atoms with Crippen LogP contribution in [0.1, 0.15) is 17.5 Å². The first kappa shape index (κ1) is 24.5. The van der Waals surface area contributed by atoms with E-state index in [2.05, 4.69) is 50.8 Å². The van der Waals surface area contributed by atoms with Crippen molar-refractivity contribution in [2.24, 2.45) is 4.99 Å². The Balaban J connectivity index is 0.00000289. The van der Waals surface area contributed by atoms with E-state index >= 15 is 0 Å². The first-order valence-corrected chi connectivity index (χ1v) is 11.5. The number of piperazine rings is 1. The van der Waals surface area contributed by atoms with E-state index in [9.17, 15) is 0 Å². The molecule has 1 fully saturated rings. The highest BCUT2D eigenvalue weighted by Gasteiger charge is 2.20. The van der Waals surface area contributed by atoms with Crippen molar-refractivity contribution >= 4 is 41.3 Å². The number of methoxy groups -OCH3 is 1. The molecule has 0 unspecified atom stereocenters. The van der Waals surface area contributed by atoms with Crippen LogP contribution in [0.15, 0.2) is 57.6 Å². The Hall–Kier alpha value is -2.11. The number of benzene rings is 1. The Labute approximate surface area is 210 Å². The van der Waals surface area contributed by atoms with Crippen LogP contribution in [0.5, 0.6) is 5.75 Å². The van der Waals surface area contributed by atoms with Gasteiger partial charge in [-0.1, -0.05) is 17.3 Å². The summed E-state index contributed by atoms with van der Waals surface area (Å²) in [6.45, 7) is 8.36. The second kappa shape index (κ2) is 12.2. The summed E-state index contributed by atoms with van der Waals surface area (Å²) >= 11 is 1.75. The lowest BCUT2D eigenvalue weighted by molar-refractivity contribution is 0.169. The molecule has 1 saturated heterocycles. The van der Waals surface area contributed by atoms with Crippen molar-refractivity contribution in [3.05, 3.63) is 58.6 Å². The first-order valence-electron chi connectivity index (χ1n) is 10.6. The lowest BCUT2D eigenvalue weighted by Gasteiger charge is -2.36. The molecule has 1 aliphatic rings. The molecule has 0 amide bonds. The van der Waals surface area contributed by atoms with Crippen LogP contribution in [-0.4, -0.2) is 60.7 Å². The quantitative estimate of drug-likeness (QED) is 0.261. The average Bonchev–Trinajstić information content (AvgIpc) is 3.50. The Morgan fingerprint density at radius 1 is 1.16 bits per heavy atom. The fourth-order valence-corrected chi connectivity index (χ4v) is 4.46. The van der Waals surface area contributed by atoms with Gasteiger partial charge in [0.1, 0.15) is 12.0 Å². The summed E-state index contributed by atoms with van der Waals surface area (Å²) in [4.78, 5) is 10.9. The van der Waals surface area contributed by atoms with E-state index in [0.29, 0.717) is 6.54 Å². The molecule has 0 radical (unpaired) electrons. The molecule has 172 valence electrons. The third kappa shape index (κ3) is 6.46. The second-order valence-corrected chi connectivity index (χ2v) is 8.45. The van der Waals surface area contributed by atoms with Crippen molar-refractivity contribution in [2.75, 3.05) is 39.8 Å². The van der Waals surface area contributed by atoms with Crippen LogP contribution < -0.4 is 10.1 Å². The summed E-state index contributed by atoms with van der Waals surface area (Å²) < 4.78 is 10.2. The Kier molecular flexibility index (Phi) is 9.36. The lowest BCUT2D eigenvalue weighted by atomic mass is 10.1. The largest absolute Gasteiger partial charge is 0.497 e. The van der Waals surface area contributed by atoms with Crippen molar-refractivity contribution < 1.29 is 9.26 Å². The van der Waals surface area contributed by atoms with E-state index in [1.807, 2.05) is 18.2 Å². The predicted molar refractivity (Wildman–Crippen MR) is 140 cm³/mol. The Morgan fingerprint density at radius 2 is 1.94 bits per heavy atom. The van der Waals surface area contributed by atoms with Crippen molar-refractivity contribution in [1.82, 2.24) is 20.3 Å². The minimum Gasteiger partial charge on any atom is -0.497 e. The topological polar surface area (TPSA) is 66.1 Å². The Bertz CT molecular complexity index is 967. The fraction of sp³-hybridized carbons (Fsp3) is 0.391. The van der Waals surface area contributed by atoms with Crippen LogP contribution in [0.3, 0.4) is 0 Å². The van der Waals surface area contributed by atoms with E-state index < -0.39 is 0 Å². The number of nitrogens with one attached hydrogen (secondary N) is 1. The third-order valence-electron chi connectivity index (χ3n) is 5.35. The molecule has 3 heterocycles. The van der Waals surface area contributed by atoms with Crippen molar-refractivity contribution in [3.63, 3.8) is 0 Å². The van der Waals surface area contributed by atoms with Crippen molar-refractivity contribution in [1.29, 1.82) is 0 Å². The predicted octanol–water partition coefficient (Wildman–Crippen LogP) is 4.31. The minimum atomic E-state index is 0. The standard InChI is InChI=1S/C23H29N5O2S.HI/c1-3-24-23(28-11-9-27(10-12-28)16-20-8-13-30-26-20)25-15-22-14-19(17-31-22)18-4-6-21(29-2)7-5-18;/h4-8,13-14,17H,3,9-12,15-16H2,1-2H3,(H,24,25);1H. The number of guanidine groups is 1. The molecule has 0 saturated carbocycles. The molecule has 0 bridgehead atoms. The summed E-state index contributed by atoms with van der Waals surface area (Å²) in [6.07, 6.45) is 1.63. The highest BCUT2D eigenvalue weighted by atomic mass is 127. The molecule has 1 N–H and O–H groups in total. The van der Waals surface area contributed by atoms with E-state index in [4.69, 9.17) is 14.3 Å². The van der Waals surface area contributed by atoms with E-state index in [1.165, 1.54) is 16.0 Å². The maximum atomic E-state index is 5.25. The molecule has 3 aromatic rings. The molecule has 7 nitrogen and oxygen atoms in total. The van der Waals surface area contributed by atoms with Gasteiger partial charge in [-0.05, 0) is 41.6 Å². The lowest BCUT2D eigenvalue weighted by Crippen LogP contribution is -2.52. The SMILES string of the molecule is CCNC(=NCc1cc(-c2ccc(OC)cc2)cs1)N1CCN(Cc2ccon2)CC1.I. The molecule has 9 heteroatoms. The fourth-order valence-electron chi connectivity index (χ4n) is 3.64. The van der Waals surface area contributed by atoms with Gasteiger partial charge in [-0.25, -0.2) is 4.99 Å². The van der Waals surface area contributed by atoms with Crippen LogP contribution >= 0.6 is 35.3 Å². The summed E-state index contributed by atoms with van der Waals surface area (Å²) in [7, 11) is 1.69. The molecular formula is C23H30IN5O2S. The number of hydrogen-bond donors (Lipinski definition) is 1. The third-order valence-corrected chi connectivity index (χ3v) is 6.27. The van der Waals surface area contributed by atoms with Crippen molar-refractivity contribution in [3.8, 4) is 16.9 Å². The molecule has 0 aliphatic carbocycles. The van der Waals surface area contributed by atoms with Gasteiger partial charge in [0.05, 0.1) is 19.3 Å². The highest BCUT2D eigenvalue weighted by molar-refractivity contribution is 14.0. The van der Waals surface area contributed by atoms with Gasteiger partial charge in [0, 0.05) is 50.2 Å². The maximum absolute atomic E-state index is 5.25. The van der Waals surface area contributed by atoms with Gasteiger partial charge < -0.3 is 19.5 Å². The zero-order valence-electron chi connectivity index (χ0n) is 18.5. The van der Waals surface area contributed by atoms with Crippen LogP contribution in [0.2, 0.25) is 0 Å². The number of nitrogens with zero attached hydrogens (tertiary/aromatic N) is 4. The molecule has 0 spiro atoms. The maximum Gasteiger partial charge on any atom is 0.194 e.